The van der Waals surface area contributed by atoms with Crippen LogP contribution < -0.4 is 16.4 Å². The molecule has 0 unspecified atom stereocenters. The molecule has 0 saturated carbocycles. The van der Waals surface area contributed by atoms with Crippen molar-refractivity contribution in [2.24, 2.45) is 0 Å². The molecule has 11 nitrogen and oxygen atoms in total. The third-order valence-corrected chi connectivity index (χ3v) is 8.13. The second-order valence-electron chi connectivity index (χ2n) is 7.27. The lowest BCUT2D eigenvalue weighted by molar-refractivity contribution is -0.313. The number of carbonyl (C=O) groups excluding carboxylic acids is 2. The Kier molecular flexibility index (Phi) is 11.3. The number of nitrogens with one attached hydrogen (secondary N) is 2. The van der Waals surface area contributed by atoms with E-state index in [2.05, 4.69) is 10.6 Å². The molecule has 0 atom stereocenters. The normalized spacial score (nSPS) is 25.1. The van der Waals surface area contributed by atoms with E-state index < -0.39 is 13.0 Å². The molecule has 0 aromatic heterocycles. The average molecular weight is 817 g/mol. The van der Waals surface area contributed by atoms with Crippen molar-refractivity contribution in [3.05, 3.63) is 21.8 Å². The van der Waals surface area contributed by atoms with E-state index in [0.717, 1.165) is 0 Å². The number of nitrogens with two attached hydrogens (primary N) is 1. The monoisotopic (exact) mass is 817 g/mol. The van der Waals surface area contributed by atoms with Crippen LogP contribution in [0.1, 0.15) is 34.6 Å². The number of halogens is 3. The average Bonchev–Trinajstić information content (AvgIpc) is 2.81. The summed E-state index contributed by atoms with van der Waals surface area (Å²) < 4.78 is 34.0. The second kappa shape index (κ2) is 13.5. The fourth-order valence-corrected chi connectivity index (χ4v) is 7.35. The van der Waals surface area contributed by atoms with Crippen molar-refractivity contribution in [1.29, 1.82) is 0 Å². The number of ether oxygens (including phenoxy) is 6. The van der Waals surface area contributed by atoms with Crippen molar-refractivity contribution in [2.75, 3.05) is 45.4 Å². The molecule has 2 aliphatic rings. The third-order valence-electron chi connectivity index (χ3n) is 4.81. The summed E-state index contributed by atoms with van der Waals surface area (Å²) >= 11 is 6.05. The summed E-state index contributed by atoms with van der Waals surface area (Å²) in [5, 5.41) is 5.79. The highest BCUT2D eigenvalue weighted by Gasteiger charge is 2.31. The van der Waals surface area contributed by atoms with Crippen LogP contribution in [-0.2, 0) is 28.4 Å². The molecule has 0 aliphatic carbocycles. The van der Waals surface area contributed by atoms with Gasteiger partial charge in [-0.05, 0) is 81.6 Å². The van der Waals surface area contributed by atoms with Crippen molar-refractivity contribution in [3.63, 3.8) is 0 Å². The lowest BCUT2D eigenvalue weighted by Crippen LogP contribution is -2.48. The van der Waals surface area contributed by atoms with Gasteiger partial charge in [0.15, 0.2) is 0 Å². The molecule has 4 N–H and O–H groups in total. The number of rotatable bonds is 8. The maximum Gasteiger partial charge on any atom is 0.271 e. The van der Waals surface area contributed by atoms with Gasteiger partial charge in [-0.25, -0.2) is 0 Å². The highest BCUT2D eigenvalue weighted by molar-refractivity contribution is 14.1. The van der Waals surface area contributed by atoms with Crippen LogP contribution in [0.5, 0.6) is 0 Å². The van der Waals surface area contributed by atoms with Gasteiger partial charge in [0.25, 0.3) is 24.8 Å². The van der Waals surface area contributed by atoms with Crippen LogP contribution >= 0.6 is 67.8 Å². The molecule has 0 spiro atoms. The predicted molar refractivity (Wildman–Crippen MR) is 146 cm³/mol. The van der Waals surface area contributed by atoms with E-state index in [1.807, 2.05) is 81.6 Å². The van der Waals surface area contributed by atoms with E-state index in [9.17, 15) is 9.59 Å². The fourth-order valence-electron chi connectivity index (χ4n) is 3.20. The molecule has 1 aromatic rings. The van der Waals surface area contributed by atoms with Crippen molar-refractivity contribution in [1.82, 2.24) is 10.6 Å². The molecule has 3 rings (SSSR count). The Morgan fingerprint density at radius 3 is 1.47 bits per heavy atom. The number of hydrogen-bond acceptors (Lipinski definition) is 9. The summed E-state index contributed by atoms with van der Waals surface area (Å²) in [6, 6.07) is -0.744. The first-order chi connectivity index (χ1) is 16.3. The minimum atomic E-state index is -0.737. The van der Waals surface area contributed by atoms with Gasteiger partial charge in [-0.1, -0.05) is 0 Å². The maximum atomic E-state index is 13.2. The largest absolute Gasteiger partial charge is 0.397 e. The zero-order chi connectivity index (χ0) is 24.8. The summed E-state index contributed by atoms with van der Waals surface area (Å²) in [6.45, 7) is 4.06. The Bertz CT molecular complexity index is 823. The van der Waals surface area contributed by atoms with Gasteiger partial charge in [-0.3, -0.25) is 9.59 Å². The first-order valence-electron chi connectivity index (χ1n) is 10.5. The molecule has 0 radical (unpaired) electrons. The quantitative estimate of drug-likeness (QED) is 0.266. The Morgan fingerprint density at radius 1 is 0.794 bits per heavy atom. The summed E-state index contributed by atoms with van der Waals surface area (Å²) in [5.74, 6) is -0.746. The minimum absolute atomic E-state index is 0.237. The third kappa shape index (κ3) is 7.02. The molecule has 0 bridgehead atoms. The van der Waals surface area contributed by atoms with Crippen molar-refractivity contribution in [2.45, 2.75) is 38.9 Å². The van der Waals surface area contributed by atoms with Gasteiger partial charge in [0.1, 0.15) is 0 Å². The molecular weight excluding hydrogens is 791 g/mol. The molecule has 2 amide bonds. The van der Waals surface area contributed by atoms with Crippen LogP contribution in [0.3, 0.4) is 0 Å². The topological polar surface area (TPSA) is 140 Å². The highest BCUT2D eigenvalue weighted by Crippen LogP contribution is 2.34. The SMILES string of the molecule is CCOC1OCC(NC(=O)c2c(I)c(N)c(I)c(C(=O)NC3COC(OCC)OC3)c2I)CO1. The van der Waals surface area contributed by atoms with Crippen LogP contribution in [0, 0.1) is 10.7 Å². The van der Waals surface area contributed by atoms with Crippen molar-refractivity contribution in [3.8, 4) is 0 Å². The van der Waals surface area contributed by atoms with Gasteiger partial charge < -0.3 is 44.8 Å². The van der Waals surface area contributed by atoms with Crippen LogP contribution in [0.25, 0.3) is 0 Å². The van der Waals surface area contributed by atoms with Crippen LogP contribution in [0.2, 0.25) is 0 Å². The van der Waals surface area contributed by atoms with Gasteiger partial charge in [-0.15, -0.1) is 0 Å². The highest BCUT2D eigenvalue weighted by atomic mass is 127. The zero-order valence-electron chi connectivity index (χ0n) is 18.5. The molecule has 190 valence electrons. The Morgan fingerprint density at radius 2 is 1.15 bits per heavy atom. The number of hydrogen-bond donors (Lipinski definition) is 3. The molecule has 2 aliphatic heterocycles. The molecule has 34 heavy (non-hydrogen) atoms. The lowest BCUT2D eigenvalue weighted by Gasteiger charge is -2.30. The number of nitrogen functional groups attached to an aromatic ring is 1. The van der Waals surface area contributed by atoms with E-state index in [0.29, 0.717) is 40.7 Å². The van der Waals surface area contributed by atoms with Crippen LogP contribution in [0.4, 0.5) is 5.69 Å². The standard InChI is InChI=1S/C20H26I3N3O8/c1-3-29-19-31-5-9(6-32-19)25-17(27)11-13(21)12(15(23)16(24)14(11)22)18(28)26-10-7-33-20(30-4-2)34-8-10/h9-10,19-20H,3-8,24H2,1-2H3,(H,25,27)(H,26,28). The molecule has 2 fully saturated rings. The number of anilines is 1. The Labute approximate surface area is 238 Å². The van der Waals surface area contributed by atoms with Gasteiger partial charge in [-0.2, -0.15) is 0 Å². The minimum Gasteiger partial charge on any atom is -0.397 e. The van der Waals surface area contributed by atoms with Gasteiger partial charge in [0.05, 0.1) is 62.5 Å². The van der Waals surface area contributed by atoms with Crippen molar-refractivity contribution < 1.29 is 38.0 Å². The zero-order valence-corrected chi connectivity index (χ0v) is 25.0. The maximum absolute atomic E-state index is 13.2. The fraction of sp³-hybridized carbons (Fsp3) is 0.600. The number of amides is 2. The lowest BCUT2D eigenvalue weighted by atomic mass is 10.1. The summed E-state index contributed by atoms with van der Waals surface area (Å²) in [7, 11) is 0. The Hall–Kier alpha value is -0.0900. The first-order valence-corrected chi connectivity index (χ1v) is 13.8. The predicted octanol–water partition coefficient (Wildman–Crippen LogP) is 2.01. The first kappa shape index (κ1) is 28.5. The van der Waals surface area contributed by atoms with Gasteiger partial charge in [0, 0.05) is 16.8 Å². The summed E-state index contributed by atoms with van der Waals surface area (Å²) in [4.78, 5) is 26.4. The van der Waals surface area contributed by atoms with Gasteiger partial charge in [0.2, 0.25) is 0 Å². The molecule has 2 saturated heterocycles. The molecular formula is C20H26I3N3O8. The Balaban J connectivity index is 1.73. The van der Waals surface area contributed by atoms with Crippen LogP contribution in [-0.4, -0.2) is 76.5 Å². The van der Waals surface area contributed by atoms with Crippen molar-refractivity contribution >= 4 is 85.3 Å². The van der Waals surface area contributed by atoms with Gasteiger partial charge >= 0.3 is 0 Å². The molecule has 1 aromatic carbocycles. The van der Waals surface area contributed by atoms with E-state index in [1.54, 1.807) is 0 Å². The summed E-state index contributed by atoms with van der Waals surface area (Å²) in [5.41, 5.74) is 7.29. The second-order valence-corrected chi connectivity index (χ2v) is 10.5. The smallest absolute Gasteiger partial charge is 0.271 e. The van der Waals surface area contributed by atoms with Crippen LogP contribution in [0.15, 0.2) is 0 Å². The van der Waals surface area contributed by atoms with E-state index in [1.165, 1.54) is 0 Å². The number of benzene rings is 1. The van der Waals surface area contributed by atoms with E-state index in [4.69, 9.17) is 34.2 Å². The van der Waals surface area contributed by atoms with E-state index in [-0.39, 0.29) is 50.3 Å². The molecule has 14 heteroatoms. The summed E-state index contributed by atoms with van der Waals surface area (Å²) in [6.07, 6.45) is 0. The molecule has 2 heterocycles. The number of carbonyl (C=O) groups is 2. The van der Waals surface area contributed by atoms with E-state index >= 15 is 0 Å².